The van der Waals surface area contributed by atoms with E-state index >= 15 is 0 Å². The number of amides is 2. The van der Waals surface area contributed by atoms with Crippen LogP contribution in [0.25, 0.3) is 0 Å². The molecule has 0 aliphatic heterocycles. The second-order valence-electron chi connectivity index (χ2n) is 4.64. The van der Waals surface area contributed by atoms with Crippen LogP contribution >= 0.6 is 11.6 Å². The van der Waals surface area contributed by atoms with Crippen LogP contribution in [-0.2, 0) is 15.8 Å². The van der Waals surface area contributed by atoms with Crippen molar-refractivity contribution in [3.63, 3.8) is 0 Å². The van der Waals surface area contributed by atoms with Gasteiger partial charge in [0.15, 0.2) is 0 Å². The van der Waals surface area contributed by atoms with Gasteiger partial charge in [-0.1, -0.05) is 11.6 Å². The number of anilines is 1. The summed E-state index contributed by atoms with van der Waals surface area (Å²) in [6, 6.07) is 2.86. The summed E-state index contributed by atoms with van der Waals surface area (Å²) in [4.78, 5) is 22.9. The molecule has 4 nitrogen and oxygen atoms in total. The number of carbonyl (C=O) groups is 2. The summed E-state index contributed by atoms with van der Waals surface area (Å²) in [5.41, 5.74) is -1.12. The largest absolute Gasteiger partial charge is 0.417 e. The Bertz CT molecular complexity index is 545. The smallest absolute Gasteiger partial charge is 0.353 e. The van der Waals surface area contributed by atoms with Gasteiger partial charge < -0.3 is 10.6 Å². The van der Waals surface area contributed by atoms with Crippen LogP contribution in [0.4, 0.5) is 18.9 Å². The minimum absolute atomic E-state index is 0.0749. The van der Waals surface area contributed by atoms with Crippen LogP contribution in [0.15, 0.2) is 18.2 Å². The van der Waals surface area contributed by atoms with Crippen LogP contribution in [-0.4, -0.2) is 17.9 Å². The molecule has 21 heavy (non-hydrogen) atoms. The maximum atomic E-state index is 12.7. The zero-order chi connectivity index (χ0) is 16.2. The third-order valence-corrected chi connectivity index (χ3v) is 2.66. The Balaban J connectivity index is 2.76. The van der Waals surface area contributed by atoms with Gasteiger partial charge in [-0.3, -0.25) is 9.59 Å². The molecule has 0 unspecified atom stereocenters. The maximum absolute atomic E-state index is 12.7. The quantitative estimate of drug-likeness (QED) is 0.836. The van der Waals surface area contributed by atoms with Crippen LogP contribution < -0.4 is 10.6 Å². The van der Waals surface area contributed by atoms with Crippen molar-refractivity contribution in [2.45, 2.75) is 32.5 Å². The van der Waals surface area contributed by atoms with Gasteiger partial charge in [-0.15, -0.1) is 0 Å². The molecule has 116 valence electrons. The molecule has 8 heteroatoms. The lowest BCUT2D eigenvalue weighted by Crippen LogP contribution is -2.33. The summed E-state index contributed by atoms with van der Waals surface area (Å²) in [5.74, 6) is -1.21. The van der Waals surface area contributed by atoms with Crippen LogP contribution in [0.3, 0.4) is 0 Å². The molecule has 0 aliphatic rings. The van der Waals surface area contributed by atoms with Crippen molar-refractivity contribution in [3.05, 3.63) is 28.8 Å². The first-order valence-corrected chi connectivity index (χ1v) is 6.43. The summed E-state index contributed by atoms with van der Waals surface area (Å²) in [6.07, 6.45) is -5.09. The summed E-state index contributed by atoms with van der Waals surface area (Å²) in [7, 11) is 0. The van der Waals surface area contributed by atoms with Crippen molar-refractivity contribution in [2.24, 2.45) is 0 Å². The molecule has 0 spiro atoms. The Labute approximate surface area is 124 Å². The second kappa shape index (κ2) is 6.80. The molecule has 0 aliphatic carbocycles. The van der Waals surface area contributed by atoms with Gasteiger partial charge in [0.25, 0.3) is 0 Å². The fraction of sp³-hybridized carbons (Fsp3) is 0.385. The van der Waals surface area contributed by atoms with Gasteiger partial charge in [0.1, 0.15) is 6.42 Å². The molecule has 1 aromatic carbocycles. The summed E-state index contributed by atoms with van der Waals surface area (Å²) >= 11 is 5.46. The third-order valence-electron chi connectivity index (χ3n) is 2.33. The zero-order valence-electron chi connectivity index (χ0n) is 11.3. The second-order valence-corrected chi connectivity index (χ2v) is 5.05. The first-order valence-electron chi connectivity index (χ1n) is 6.05. The number of alkyl halides is 3. The van der Waals surface area contributed by atoms with Gasteiger partial charge in [0, 0.05) is 11.7 Å². The summed E-state index contributed by atoms with van der Waals surface area (Å²) < 4.78 is 38.0. The Morgan fingerprint density at radius 3 is 2.38 bits per heavy atom. The fourth-order valence-electron chi connectivity index (χ4n) is 1.54. The van der Waals surface area contributed by atoms with Crippen LogP contribution in [0, 0.1) is 0 Å². The molecule has 0 radical (unpaired) electrons. The molecule has 0 atom stereocenters. The number of halogens is 4. The fourth-order valence-corrected chi connectivity index (χ4v) is 1.77. The molecule has 1 aromatic rings. The monoisotopic (exact) mass is 322 g/mol. The van der Waals surface area contributed by atoms with E-state index in [1.165, 1.54) is 6.07 Å². The van der Waals surface area contributed by atoms with Gasteiger partial charge in [-0.2, -0.15) is 13.2 Å². The van der Waals surface area contributed by atoms with E-state index in [0.29, 0.717) is 0 Å². The Kier molecular flexibility index (Phi) is 5.60. The van der Waals surface area contributed by atoms with Crippen molar-refractivity contribution in [3.8, 4) is 0 Å². The molecule has 2 N–H and O–H groups in total. The Morgan fingerprint density at radius 1 is 1.24 bits per heavy atom. The lowest BCUT2D eigenvalue weighted by atomic mass is 10.2. The van der Waals surface area contributed by atoms with Crippen LogP contribution in [0.5, 0.6) is 0 Å². The standard InChI is InChI=1S/C13H14ClF3N2O2/c1-7(2)18-11(20)6-12(21)19-8-3-4-10(14)9(5-8)13(15,16)17/h3-5,7H,6H2,1-2H3,(H,18,20)(H,19,21). The average Bonchev–Trinajstić information content (AvgIpc) is 2.28. The van der Waals surface area contributed by atoms with E-state index in [1.807, 2.05) is 0 Å². The lowest BCUT2D eigenvalue weighted by Gasteiger charge is -2.12. The first kappa shape index (κ1) is 17.3. The number of nitrogens with one attached hydrogen (secondary N) is 2. The summed E-state index contributed by atoms with van der Waals surface area (Å²) in [5, 5.41) is 4.27. The highest BCUT2D eigenvalue weighted by Crippen LogP contribution is 2.36. The van der Waals surface area contributed by atoms with Gasteiger partial charge in [-0.25, -0.2) is 0 Å². The van der Waals surface area contributed by atoms with E-state index in [1.54, 1.807) is 13.8 Å². The maximum Gasteiger partial charge on any atom is 0.417 e. The minimum atomic E-state index is -4.62. The molecule has 2 amide bonds. The molecule has 1 rings (SSSR count). The molecule has 0 fully saturated rings. The molecule has 0 bridgehead atoms. The first-order chi connectivity index (χ1) is 9.59. The molecule has 0 saturated heterocycles. The SMILES string of the molecule is CC(C)NC(=O)CC(=O)Nc1ccc(Cl)c(C(F)(F)F)c1. The lowest BCUT2D eigenvalue weighted by molar-refractivity contribution is -0.137. The van der Waals surface area contributed by atoms with E-state index in [4.69, 9.17) is 11.6 Å². The minimum Gasteiger partial charge on any atom is -0.353 e. The number of hydrogen-bond donors (Lipinski definition) is 2. The topological polar surface area (TPSA) is 58.2 Å². The van der Waals surface area contributed by atoms with Crippen molar-refractivity contribution >= 4 is 29.1 Å². The van der Waals surface area contributed by atoms with Crippen molar-refractivity contribution in [1.29, 1.82) is 0 Å². The van der Waals surface area contributed by atoms with Crippen molar-refractivity contribution < 1.29 is 22.8 Å². The predicted octanol–water partition coefficient (Wildman–Crippen LogP) is 3.21. The normalized spacial score (nSPS) is 11.4. The van der Waals surface area contributed by atoms with E-state index in [-0.39, 0.29) is 11.7 Å². The molecular weight excluding hydrogens is 309 g/mol. The van der Waals surface area contributed by atoms with Crippen LogP contribution in [0.2, 0.25) is 5.02 Å². The van der Waals surface area contributed by atoms with E-state index in [2.05, 4.69) is 10.6 Å². The highest BCUT2D eigenvalue weighted by Gasteiger charge is 2.33. The van der Waals surface area contributed by atoms with Crippen molar-refractivity contribution in [1.82, 2.24) is 5.32 Å². The molecular formula is C13H14ClF3N2O2. The highest BCUT2D eigenvalue weighted by molar-refractivity contribution is 6.31. The van der Waals surface area contributed by atoms with Gasteiger partial charge >= 0.3 is 6.18 Å². The average molecular weight is 323 g/mol. The molecule has 0 saturated carbocycles. The van der Waals surface area contributed by atoms with Gasteiger partial charge in [-0.05, 0) is 32.0 Å². The predicted molar refractivity (Wildman–Crippen MR) is 73.0 cm³/mol. The zero-order valence-corrected chi connectivity index (χ0v) is 12.1. The number of benzene rings is 1. The molecule has 0 heterocycles. The van der Waals surface area contributed by atoms with E-state index < -0.39 is 35.0 Å². The number of hydrogen-bond acceptors (Lipinski definition) is 2. The highest BCUT2D eigenvalue weighted by atomic mass is 35.5. The Morgan fingerprint density at radius 2 is 1.86 bits per heavy atom. The van der Waals surface area contributed by atoms with Crippen molar-refractivity contribution in [2.75, 3.05) is 5.32 Å². The van der Waals surface area contributed by atoms with Crippen LogP contribution in [0.1, 0.15) is 25.8 Å². The number of rotatable bonds is 4. The van der Waals surface area contributed by atoms with E-state index in [9.17, 15) is 22.8 Å². The van der Waals surface area contributed by atoms with Gasteiger partial charge in [0.2, 0.25) is 11.8 Å². The Hall–Kier alpha value is -1.76. The van der Waals surface area contributed by atoms with E-state index in [0.717, 1.165) is 12.1 Å². The molecule has 0 aromatic heterocycles. The van der Waals surface area contributed by atoms with Gasteiger partial charge in [0.05, 0.1) is 10.6 Å². The number of carbonyl (C=O) groups excluding carboxylic acids is 2. The summed E-state index contributed by atoms with van der Waals surface area (Å²) in [6.45, 7) is 3.45. The third kappa shape index (κ3) is 5.63.